The lowest BCUT2D eigenvalue weighted by molar-refractivity contribution is -0.117. The van der Waals surface area contributed by atoms with Gasteiger partial charge in [-0.1, -0.05) is 6.07 Å². The minimum atomic E-state index is 0.164. The first-order valence-corrected chi connectivity index (χ1v) is 8.32. The lowest BCUT2D eigenvalue weighted by Crippen LogP contribution is -2.13. The molecule has 1 aliphatic rings. The van der Waals surface area contributed by atoms with E-state index in [-0.39, 0.29) is 11.8 Å². The first-order valence-electron chi connectivity index (χ1n) is 6.93. The minimum absolute atomic E-state index is 0.164. The van der Waals surface area contributed by atoms with Crippen LogP contribution in [0.15, 0.2) is 24.3 Å². The summed E-state index contributed by atoms with van der Waals surface area (Å²) >= 11 is 1.89. The van der Waals surface area contributed by atoms with E-state index in [0.717, 1.165) is 30.8 Å². The molecule has 0 atom stereocenters. The van der Waals surface area contributed by atoms with Gasteiger partial charge in [0.25, 0.3) is 0 Å². The van der Waals surface area contributed by atoms with E-state index in [1.165, 1.54) is 18.6 Å². The van der Waals surface area contributed by atoms with Crippen LogP contribution in [0.3, 0.4) is 0 Å². The number of carbonyl (C=O) groups is 1. The number of anilines is 2. The molecule has 3 nitrogen and oxygen atoms in total. The van der Waals surface area contributed by atoms with Crippen molar-refractivity contribution in [2.45, 2.75) is 25.7 Å². The van der Waals surface area contributed by atoms with E-state index < -0.39 is 0 Å². The van der Waals surface area contributed by atoms with Gasteiger partial charge >= 0.3 is 0 Å². The minimum Gasteiger partial charge on any atom is -0.385 e. The molecular weight excluding hydrogens is 256 g/mol. The number of unbranched alkanes of at least 4 members (excludes halogenated alkanes) is 1. The summed E-state index contributed by atoms with van der Waals surface area (Å²) in [7, 11) is 0. The first kappa shape index (κ1) is 14.3. The van der Waals surface area contributed by atoms with E-state index in [1.807, 2.05) is 36.0 Å². The van der Waals surface area contributed by atoms with Crippen LogP contribution in [0.1, 0.15) is 25.7 Å². The van der Waals surface area contributed by atoms with Crippen LogP contribution in [0.5, 0.6) is 0 Å². The molecule has 19 heavy (non-hydrogen) atoms. The standard InChI is InChI=1S/C15H22N2OS/c1-19-10-3-2-9-16-13-5-4-6-14(11-13)17-15(18)12-7-8-12/h4-6,11-12,16H,2-3,7-10H2,1H3,(H,17,18). The number of hydrogen-bond donors (Lipinski definition) is 2. The molecule has 2 N–H and O–H groups in total. The predicted molar refractivity (Wildman–Crippen MR) is 83.9 cm³/mol. The zero-order chi connectivity index (χ0) is 13.5. The van der Waals surface area contributed by atoms with E-state index >= 15 is 0 Å². The summed E-state index contributed by atoms with van der Waals surface area (Å²) in [5, 5.41) is 6.37. The van der Waals surface area contributed by atoms with Crippen LogP contribution in [0, 0.1) is 5.92 Å². The zero-order valence-electron chi connectivity index (χ0n) is 11.4. The number of nitrogens with one attached hydrogen (secondary N) is 2. The highest BCUT2D eigenvalue weighted by Crippen LogP contribution is 2.30. The third-order valence-corrected chi connectivity index (χ3v) is 3.88. The fourth-order valence-corrected chi connectivity index (χ4v) is 2.39. The number of rotatable bonds is 8. The molecule has 1 aromatic rings. The van der Waals surface area contributed by atoms with Crippen molar-refractivity contribution < 1.29 is 4.79 Å². The normalized spacial score (nSPS) is 14.2. The monoisotopic (exact) mass is 278 g/mol. The molecule has 0 spiro atoms. The van der Waals surface area contributed by atoms with Crippen LogP contribution in [-0.4, -0.2) is 24.5 Å². The Morgan fingerprint density at radius 1 is 1.32 bits per heavy atom. The van der Waals surface area contributed by atoms with Crippen molar-refractivity contribution in [3.63, 3.8) is 0 Å². The van der Waals surface area contributed by atoms with Gasteiger partial charge in [-0.3, -0.25) is 4.79 Å². The molecule has 0 heterocycles. The highest BCUT2D eigenvalue weighted by molar-refractivity contribution is 7.98. The second-order valence-corrected chi connectivity index (χ2v) is 5.96. The van der Waals surface area contributed by atoms with Crippen LogP contribution in [0.4, 0.5) is 11.4 Å². The summed E-state index contributed by atoms with van der Waals surface area (Å²) in [6.45, 7) is 0.987. The molecular formula is C15H22N2OS. The number of thioether (sulfide) groups is 1. The average molecular weight is 278 g/mol. The third-order valence-electron chi connectivity index (χ3n) is 3.18. The van der Waals surface area contributed by atoms with Crippen LogP contribution >= 0.6 is 11.8 Å². The molecule has 1 saturated carbocycles. The van der Waals surface area contributed by atoms with Gasteiger partial charge in [-0.15, -0.1) is 0 Å². The van der Waals surface area contributed by atoms with Crippen molar-refractivity contribution in [3.8, 4) is 0 Å². The van der Waals surface area contributed by atoms with Gasteiger partial charge in [-0.05, 0) is 55.9 Å². The van der Waals surface area contributed by atoms with E-state index in [2.05, 4.69) is 16.9 Å². The number of benzene rings is 1. The highest BCUT2D eigenvalue weighted by Gasteiger charge is 2.29. The molecule has 0 radical (unpaired) electrons. The molecule has 2 rings (SSSR count). The number of amides is 1. The number of hydrogen-bond acceptors (Lipinski definition) is 3. The van der Waals surface area contributed by atoms with Crippen molar-refractivity contribution in [1.29, 1.82) is 0 Å². The predicted octanol–water partition coefficient (Wildman–Crippen LogP) is 3.59. The van der Waals surface area contributed by atoms with Gasteiger partial charge in [0.1, 0.15) is 0 Å². The average Bonchev–Trinajstić information content (AvgIpc) is 3.23. The Labute approximate surface area is 119 Å². The Morgan fingerprint density at radius 3 is 2.84 bits per heavy atom. The molecule has 1 amide bonds. The highest BCUT2D eigenvalue weighted by atomic mass is 32.2. The molecule has 104 valence electrons. The second-order valence-electron chi connectivity index (χ2n) is 4.97. The molecule has 0 aromatic heterocycles. The van der Waals surface area contributed by atoms with E-state index in [9.17, 15) is 4.79 Å². The zero-order valence-corrected chi connectivity index (χ0v) is 12.3. The van der Waals surface area contributed by atoms with Crippen LogP contribution in [0.25, 0.3) is 0 Å². The fourth-order valence-electron chi connectivity index (χ4n) is 1.90. The maximum Gasteiger partial charge on any atom is 0.227 e. The largest absolute Gasteiger partial charge is 0.385 e. The van der Waals surface area contributed by atoms with Gasteiger partial charge < -0.3 is 10.6 Å². The Hall–Kier alpha value is -1.16. The van der Waals surface area contributed by atoms with Crippen LogP contribution in [-0.2, 0) is 4.79 Å². The Bertz CT molecular complexity index is 418. The molecule has 0 unspecified atom stereocenters. The third kappa shape index (κ3) is 5.15. The molecule has 0 bridgehead atoms. The summed E-state index contributed by atoms with van der Waals surface area (Å²) in [6.07, 6.45) is 6.64. The van der Waals surface area contributed by atoms with Gasteiger partial charge in [-0.25, -0.2) is 0 Å². The van der Waals surface area contributed by atoms with Crippen molar-refractivity contribution in [3.05, 3.63) is 24.3 Å². The summed E-state index contributed by atoms with van der Waals surface area (Å²) in [5.41, 5.74) is 1.98. The van der Waals surface area contributed by atoms with E-state index in [0.29, 0.717) is 0 Å². The molecule has 1 fully saturated rings. The maximum atomic E-state index is 11.7. The lowest BCUT2D eigenvalue weighted by Gasteiger charge is -2.09. The van der Waals surface area contributed by atoms with E-state index in [1.54, 1.807) is 0 Å². The quantitative estimate of drug-likeness (QED) is 0.714. The van der Waals surface area contributed by atoms with Crippen molar-refractivity contribution in [1.82, 2.24) is 0 Å². The maximum absolute atomic E-state index is 11.7. The van der Waals surface area contributed by atoms with Gasteiger partial charge in [0.15, 0.2) is 0 Å². The van der Waals surface area contributed by atoms with Gasteiger partial charge in [0, 0.05) is 23.8 Å². The second kappa shape index (κ2) is 7.43. The SMILES string of the molecule is CSCCCCNc1cccc(NC(=O)C2CC2)c1. The van der Waals surface area contributed by atoms with Crippen molar-refractivity contribution in [2.75, 3.05) is 29.2 Å². The Balaban J connectivity index is 1.76. The number of carbonyl (C=O) groups excluding carboxylic acids is 1. The molecule has 0 saturated heterocycles. The Morgan fingerprint density at radius 2 is 2.11 bits per heavy atom. The van der Waals surface area contributed by atoms with Gasteiger partial charge in [0.05, 0.1) is 0 Å². The molecule has 1 aromatic carbocycles. The van der Waals surface area contributed by atoms with E-state index in [4.69, 9.17) is 0 Å². The van der Waals surface area contributed by atoms with Crippen LogP contribution < -0.4 is 10.6 Å². The smallest absolute Gasteiger partial charge is 0.227 e. The first-order chi connectivity index (χ1) is 9.29. The van der Waals surface area contributed by atoms with Gasteiger partial charge in [0.2, 0.25) is 5.91 Å². The van der Waals surface area contributed by atoms with Crippen molar-refractivity contribution >= 4 is 29.0 Å². The summed E-state index contributed by atoms with van der Waals surface area (Å²) in [6, 6.07) is 7.97. The molecule has 0 aliphatic heterocycles. The molecule has 1 aliphatic carbocycles. The summed E-state index contributed by atoms with van der Waals surface area (Å²) in [5.74, 6) is 1.64. The van der Waals surface area contributed by atoms with Crippen molar-refractivity contribution in [2.24, 2.45) is 5.92 Å². The van der Waals surface area contributed by atoms with Crippen LogP contribution in [0.2, 0.25) is 0 Å². The Kier molecular flexibility index (Phi) is 5.58. The van der Waals surface area contributed by atoms with Gasteiger partial charge in [-0.2, -0.15) is 11.8 Å². The summed E-state index contributed by atoms with van der Waals surface area (Å²) in [4.78, 5) is 11.7. The topological polar surface area (TPSA) is 41.1 Å². The fraction of sp³-hybridized carbons (Fsp3) is 0.533. The molecule has 4 heteroatoms. The lowest BCUT2D eigenvalue weighted by atomic mass is 10.2. The summed E-state index contributed by atoms with van der Waals surface area (Å²) < 4.78 is 0.